The van der Waals surface area contributed by atoms with Crippen LogP contribution in [-0.4, -0.2) is 6.67 Å². The molecule has 6 heavy (non-hydrogen) atoms. The lowest BCUT2D eigenvalue weighted by molar-refractivity contribution is 0.716. The fourth-order valence-electron chi connectivity index (χ4n) is 0.0816. The second-order valence-corrected chi connectivity index (χ2v) is 0.619. The fourth-order valence-corrected chi connectivity index (χ4v) is 0.0816. The number of nitrogens with zero attached hydrogens (tertiary/aromatic N) is 2. The molecule has 0 aromatic carbocycles. The summed E-state index contributed by atoms with van der Waals surface area (Å²) in [4.78, 5) is 0. The molecule has 36 valence electrons. The number of hydrazine groups is 1. The summed E-state index contributed by atoms with van der Waals surface area (Å²) in [6.07, 6.45) is 0. The van der Waals surface area contributed by atoms with Crippen LogP contribution >= 0.6 is 0 Å². The molecule has 0 aliphatic heterocycles. The maximum absolute atomic E-state index is 4.76. The average molecular weight is 89.1 g/mol. The van der Waals surface area contributed by atoms with E-state index in [-0.39, 0.29) is 6.67 Å². The van der Waals surface area contributed by atoms with Crippen LogP contribution in [0, 0.1) is 0 Å². The molecule has 0 aromatic rings. The first-order valence-corrected chi connectivity index (χ1v) is 1.42. The van der Waals surface area contributed by atoms with Crippen LogP contribution in [0.3, 0.4) is 0 Å². The second-order valence-electron chi connectivity index (χ2n) is 0.619. The summed E-state index contributed by atoms with van der Waals surface area (Å²) >= 11 is 0. The van der Waals surface area contributed by atoms with E-state index in [0.29, 0.717) is 0 Å². The van der Waals surface area contributed by atoms with Crippen LogP contribution < -0.4 is 17.1 Å². The number of hydrogen-bond donors (Lipinski definition) is 3. The van der Waals surface area contributed by atoms with Gasteiger partial charge in [-0.2, -0.15) is 5.11 Å². The first-order chi connectivity index (χ1) is 2.91. The van der Waals surface area contributed by atoms with Crippen molar-refractivity contribution in [2.75, 3.05) is 6.67 Å². The van der Waals surface area contributed by atoms with Gasteiger partial charge in [0.25, 0.3) is 0 Å². The van der Waals surface area contributed by atoms with Gasteiger partial charge < -0.3 is 5.84 Å². The first kappa shape index (κ1) is 5.32. The standard InChI is InChI=1S/CH7N5/c2-4-1-5-6-3/h4H,1-2H2,(H2,3,5). The molecule has 0 unspecified atom stereocenters. The molecule has 0 atom stereocenters. The predicted octanol–water partition coefficient (Wildman–Crippen LogP) is -1.27. The topological polar surface area (TPSA) is 88.8 Å². The maximum Gasteiger partial charge on any atom is 0.124 e. The van der Waals surface area contributed by atoms with E-state index in [4.69, 9.17) is 5.84 Å². The van der Waals surface area contributed by atoms with Crippen molar-refractivity contribution in [3.05, 3.63) is 0 Å². The molecule has 0 aliphatic carbocycles. The summed E-state index contributed by atoms with van der Waals surface area (Å²) in [6.45, 7) is 0.274. The predicted molar refractivity (Wildman–Crippen MR) is 21.2 cm³/mol. The molecule has 0 aromatic heterocycles. The zero-order valence-electron chi connectivity index (χ0n) is 3.26. The van der Waals surface area contributed by atoms with E-state index < -0.39 is 0 Å². The normalized spacial score (nSPS) is 10.2. The molecule has 0 bridgehead atoms. The van der Waals surface area contributed by atoms with Crippen molar-refractivity contribution in [3.8, 4) is 0 Å². The van der Waals surface area contributed by atoms with Gasteiger partial charge in [0.1, 0.15) is 6.67 Å². The first-order valence-electron chi connectivity index (χ1n) is 1.42. The third kappa shape index (κ3) is 3.32. The molecular formula is CH7N5. The number of nitrogens with one attached hydrogen (secondary N) is 1. The highest BCUT2D eigenvalue weighted by molar-refractivity contribution is 4.18. The molecule has 5 nitrogen and oxygen atoms in total. The lowest BCUT2D eigenvalue weighted by Crippen LogP contribution is -2.21. The highest BCUT2D eigenvalue weighted by Crippen LogP contribution is 1.54. The molecule has 0 radical (unpaired) electrons. The second kappa shape index (κ2) is 4.32. The van der Waals surface area contributed by atoms with Crippen molar-refractivity contribution in [3.63, 3.8) is 0 Å². The van der Waals surface area contributed by atoms with Crippen molar-refractivity contribution in [1.29, 1.82) is 0 Å². The Morgan fingerprint density at radius 2 is 2.33 bits per heavy atom. The van der Waals surface area contributed by atoms with Gasteiger partial charge in [-0.3, -0.25) is 5.84 Å². The minimum atomic E-state index is 0.274. The molecular weight excluding hydrogens is 82.0 g/mol. The van der Waals surface area contributed by atoms with Crippen LogP contribution in [0.1, 0.15) is 0 Å². The number of nitrogens with two attached hydrogens (primary N) is 2. The number of rotatable bonds is 2. The van der Waals surface area contributed by atoms with Crippen LogP contribution in [-0.2, 0) is 0 Å². The lowest BCUT2D eigenvalue weighted by Gasteiger charge is -1.81. The molecule has 5 N–H and O–H groups in total. The third-order valence-electron chi connectivity index (χ3n) is 0.244. The van der Waals surface area contributed by atoms with Crippen LogP contribution in [0.25, 0.3) is 0 Å². The fraction of sp³-hybridized carbons (Fsp3) is 1.00. The Morgan fingerprint density at radius 1 is 1.67 bits per heavy atom. The van der Waals surface area contributed by atoms with E-state index in [0.717, 1.165) is 0 Å². The molecule has 0 spiro atoms. The van der Waals surface area contributed by atoms with Gasteiger partial charge >= 0.3 is 0 Å². The van der Waals surface area contributed by atoms with Crippen molar-refractivity contribution in [2.24, 2.45) is 22.0 Å². The zero-order valence-corrected chi connectivity index (χ0v) is 3.26. The quantitative estimate of drug-likeness (QED) is 0.224. The largest absolute Gasteiger partial charge is 0.305 e. The average Bonchev–Trinajstić information content (AvgIpc) is 1.61. The van der Waals surface area contributed by atoms with E-state index in [2.05, 4.69) is 21.6 Å². The summed E-state index contributed by atoms with van der Waals surface area (Å²) in [5.41, 5.74) is 2.23. The highest BCUT2D eigenvalue weighted by atomic mass is 15.4. The third-order valence-corrected chi connectivity index (χ3v) is 0.244. The molecule has 0 rings (SSSR count). The Kier molecular flexibility index (Phi) is 3.83. The lowest BCUT2D eigenvalue weighted by atomic mass is 11.2. The van der Waals surface area contributed by atoms with Gasteiger partial charge in [-0.25, -0.2) is 5.43 Å². The maximum atomic E-state index is 4.76. The summed E-state index contributed by atoms with van der Waals surface area (Å²) in [7, 11) is 0. The Labute approximate surface area is 35.4 Å². The van der Waals surface area contributed by atoms with E-state index in [9.17, 15) is 0 Å². The van der Waals surface area contributed by atoms with Crippen LogP contribution in [0.2, 0.25) is 0 Å². The van der Waals surface area contributed by atoms with Gasteiger partial charge in [-0.1, -0.05) is 5.22 Å². The van der Waals surface area contributed by atoms with Crippen LogP contribution in [0.15, 0.2) is 10.3 Å². The molecule has 0 heterocycles. The smallest absolute Gasteiger partial charge is 0.124 e. The van der Waals surface area contributed by atoms with E-state index in [1.807, 2.05) is 0 Å². The summed E-state index contributed by atoms with van der Waals surface area (Å²) < 4.78 is 0. The van der Waals surface area contributed by atoms with Gasteiger partial charge in [0.05, 0.1) is 0 Å². The Morgan fingerprint density at radius 3 is 2.50 bits per heavy atom. The van der Waals surface area contributed by atoms with Gasteiger partial charge in [-0.15, -0.1) is 0 Å². The molecule has 0 aliphatic rings. The molecule has 0 saturated heterocycles. The van der Waals surface area contributed by atoms with E-state index in [1.54, 1.807) is 0 Å². The van der Waals surface area contributed by atoms with E-state index >= 15 is 0 Å². The van der Waals surface area contributed by atoms with Gasteiger partial charge in [-0.05, 0) is 0 Å². The van der Waals surface area contributed by atoms with Crippen molar-refractivity contribution >= 4 is 0 Å². The summed E-state index contributed by atoms with van der Waals surface area (Å²) in [6, 6.07) is 0. The van der Waals surface area contributed by atoms with Gasteiger partial charge in [0.2, 0.25) is 0 Å². The summed E-state index contributed by atoms with van der Waals surface area (Å²) in [5, 5.41) is 6.16. The minimum Gasteiger partial charge on any atom is -0.305 e. The van der Waals surface area contributed by atoms with Crippen molar-refractivity contribution in [2.45, 2.75) is 0 Å². The van der Waals surface area contributed by atoms with Gasteiger partial charge in [0, 0.05) is 0 Å². The zero-order chi connectivity index (χ0) is 4.83. The summed E-state index contributed by atoms with van der Waals surface area (Å²) in [5.74, 6) is 9.33. The highest BCUT2D eigenvalue weighted by Gasteiger charge is 1.62. The van der Waals surface area contributed by atoms with Crippen LogP contribution in [0.5, 0.6) is 0 Å². The van der Waals surface area contributed by atoms with E-state index in [1.165, 1.54) is 0 Å². The Bertz CT molecular complexity index is 39.2. The Balaban J connectivity index is 2.66. The SMILES string of the molecule is NN=NCNN. The molecule has 0 amide bonds. The van der Waals surface area contributed by atoms with Crippen molar-refractivity contribution < 1.29 is 0 Å². The number of hydrogen-bond acceptors (Lipinski definition) is 4. The van der Waals surface area contributed by atoms with Crippen molar-refractivity contribution in [1.82, 2.24) is 5.43 Å². The van der Waals surface area contributed by atoms with Gasteiger partial charge in [0.15, 0.2) is 0 Å². The Hall–Kier alpha value is -0.680. The molecule has 0 saturated carbocycles. The van der Waals surface area contributed by atoms with Crippen LogP contribution in [0.4, 0.5) is 0 Å². The molecule has 5 heteroatoms. The minimum absolute atomic E-state index is 0.274. The molecule has 0 fully saturated rings. The monoisotopic (exact) mass is 89.1 g/mol.